The SMILES string of the molecule is NC1NN2CC(Cl)CNC2C1C(=O)Nc1cnccc1OC1CC2(CCN2)C1. The Morgan fingerprint density at radius 3 is 3.04 bits per heavy atom. The van der Waals surface area contributed by atoms with Gasteiger partial charge in [0.05, 0.1) is 29.8 Å². The average molecular weight is 408 g/mol. The van der Waals surface area contributed by atoms with Gasteiger partial charge in [-0.1, -0.05) is 0 Å². The first-order chi connectivity index (χ1) is 13.5. The monoisotopic (exact) mass is 407 g/mol. The average Bonchev–Trinajstić information content (AvgIpc) is 2.92. The summed E-state index contributed by atoms with van der Waals surface area (Å²) in [5.41, 5.74) is 10.2. The number of amides is 1. The summed E-state index contributed by atoms with van der Waals surface area (Å²) in [6.07, 6.45) is 6.00. The van der Waals surface area contributed by atoms with Crippen molar-refractivity contribution in [3.8, 4) is 5.75 Å². The molecule has 28 heavy (non-hydrogen) atoms. The van der Waals surface area contributed by atoms with Crippen LogP contribution in [0.1, 0.15) is 19.3 Å². The second kappa shape index (κ2) is 7.08. The maximum atomic E-state index is 13.0. The number of hydrogen-bond acceptors (Lipinski definition) is 8. The van der Waals surface area contributed by atoms with E-state index in [1.165, 1.54) is 6.42 Å². The van der Waals surface area contributed by atoms with E-state index >= 15 is 0 Å². The number of anilines is 1. The molecule has 1 aromatic rings. The van der Waals surface area contributed by atoms with Crippen molar-refractivity contribution in [3.05, 3.63) is 18.5 Å². The molecule has 4 atom stereocenters. The van der Waals surface area contributed by atoms with Crippen LogP contribution in [0.4, 0.5) is 5.69 Å². The van der Waals surface area contributed by atoms with Crippen molar-refractivity contribution in [1.29, 1.82) is 0 Å². The van der Waals surface area contributed by atoms with Crippen LogP contribution in [0.5, 0.6) is 5.75 Å². The number of pyridine rings is 1. The van der Waals surface area contributed by atoms with Gasteiger partial charge in [-0.2, -0.15) is 0 Å². The molecule has 1 spiro atoms. The van der Waals surface area contributed by atoms with Crippen LogP contribution in [0.2, 0.25) is 0 Å². The molecule has 1 aromatic heterocycles. The van der Waals surface area contributed by atoms with E-state index < -0.39 is 12.1 Å². The van der Waals surface area contributed by atoms with E-state index in [9.17, 15) is 4.79 Å². The minimum absolute atomic E-state index is 0.0213. The number of alkyl halides is 1. The Morgan fingerprint density at radius 1 is 1.46 bits per heavy atom. The molecule has 0 radical (unpaired) electrons. The standard InChI is InChI=1S/C18H26ClN7O2/c19-10-7-22-16-14(15(20)25-26(16)9-10)17(27)24-12-8-21-3-1-13(12)28-11-5-18(6-11)2-4-23-18/h1,3,8,10-11,14-16,22-23,25H,2,4-7,9,20H2,(H,24,27). The van der Waals surface area contributed by atoms with Crippen LogP contribution < -0.4 is 31.8 Å². The van der Waals surface area contributed by atoms with Crippen molar-refractivity contribution in [2.75, 3.05) is 25.0 Å². The van der Waals surface area contributed by atoms with Gasteiger partial charge in [-0.3, -0.25) is 15.1 Å². The molecular weight excluding hydrogens is 382 g/mol. The highest BCUT2D eigenvalue weighted by Crippen LogP contribution is 2.42. The number of fused-ring (bicyclic) bond motifs is 1. The van der Waals surface area contributed by atoms with Crippen LogP contribution in [-0.2, 0) is 4.79 Å². The fourth-order valence-corrected chi connectivity index (χ4v) is 4.91. The molecule has 1 amide bonds. The number of ether oxygens (including phenoxy) is 1. The second-order valence-electron chi connectivity index (χ2n) is 8.25. The lowest BCUT2D eigenvalue weighted by atomic mass is 9.68. The van der Waals surface area contributed by atoms with Gasteiger partial charge < -0.3 is 21.1 Å². The first-order valence-corrected chi connectivity index (χ1v) is 10.3. The molecule has 9 nitrogen and oxygen atoms in total. The first-order valence-electron chi connectivity index (χ1n) is 9.85. The quantitative estimate of drug-likeness (QED) is 0.426. The van der Waals surface area contributed by atoms with Gasteiger partial charge >= 0.3 is 0 Å². The normalized spacial score (nSPS) is 39.7. The molecule has 4 unspecified atom stereocenters. The summed E-state index contributed by atoms with van der Waals surface area (Å²) in [4.78, 5) is 17.2. The molecular formula is C18H26ClN7O2. The lowest BCUT2D eigenvalue weighted by molar-refractivity contribution is -0.121. The number of aromatic nitrogens is 1. The number of carbonyl (C=O) groups excluding carboxylic acids is 1. The molecule has 0 bridgehead atoms. The second-order valence-corrected chi connectivity index (χ2v) is 8.87. The van der Waals surface area contributed by atoms with Crippen LogP contribution >= 0.6 is 11.6 Å². The maximum Gasteiger partial charge on any atom is 0.233 e. The Hall–Kier alpha value is -1.49. The van der Waals surface area contributed by atoms with Crippen molar-refractivity contribution in [2.24, 2.45) is 11.7 Å². The summed E-state index contributed by atoms with van der Waals surface area (Å²) in [7, 11) is 0. The maximum absolute atomic E-state index is 13.0. The third kappa shape index (κ3) is 3.26. The van der Waals surface area contributed by atoms with Gasteiger partial charge in [0, 0.05) is 43.7 Å². The molecule has 5 rings (SSSR count). The third-order valence-corrected chi connectivity index (χ3v) is 6.59. The highest BCUT2D eigenvalue weighted by atomic mass is 35.5. The van der Waals surface area contributed by atoms with Crippen molar-refractivity contribution in [3.63, 3.8) is 0 Å². The molecule has 10 heteroatoms. The van der Waals surface area contributed by atoms with Gasteiger partial charge in [0.2, 0.25) is 5.91 Å². The molecule has 4 heterocycles. The van der Waals surface area contributed by atoms with Crippen LogP contribution in [0.3, 0.4) is 0 Å². The highest BCUT2D eigenvalue weighted by Gasteiger charge is 2.50. The molecule has 0 aromatic carbocycles. The summed E-state index contributed by atoms with van der Waals surface area (Å²) in [5.74, 6) is 0.0244. The minimum atomic E-state index is -0.489. The fourth-order valence-electron chi connectivity index (χ4n) is 4.67. The van der Waals surface area contributed by atoms with Crippen LogP contribution in [0, 0.1) is 5.92 Å². The van der Waals surface area contributed by atoms with Crippen LogP contribution in [-0.4, -0.2) is 64.9 Å². The molecule has 6 N–H and O–H groups in total. The molecule has 1 saturated carbocycles. The first kappa shape index (κ1) is 18.5. The van der Waals surface area contributed by atoms with E-state index in [0.717, 1.165) is 19.4 Å². The lowest BCUT2D eigenvalue weighted by Gasteiger charge is -2.54. The number of rotatable bonds is 4. The largest absolute Gasteiger partial charge is 0.488 e. The summed E-state index contributed by atoms with van der Waals surface area (Å²) in [6, 6.07) is 1.80. The Balaban J connectivity index is 1.25. The van der Waals surface area contributed by atoms with Crippen LogP contribution in [0.25, 0.3) is 0 Å². The van der Waals surface area contributed by atoms with Gasteiger partial charge in [0.1, 0.15) is 17.5 Å². The van der Waals surface area contributed by atoms with E-state index in [0.29, 0.717) is 30.1 Å². The molecule has 3 aliphatic heterocycles. The van der Waals surface area contributed by atoms with Crippen molar-refractivity contribution >= 4 is 23.2 Å². The zero-order valence-corrected chi connectivity index (χ0v) is 16.3. The van der Waals surface area contributed by atoms with Crippen molar-refractivity contribution in [2.45, 2.75) is 48.6 Å². The van der Waals surface area contributed by atoms with Crippen molar-refractivity contribution < 1.29 is 9.53 Å². The van der Waals surface area contributed by atoms with E-state index in [2.05, 4.69) is 26.4 Å². The van der Waals surface area contributed by atoms with Crippen molar-refractivity contribution in [1.82, 2.24) is 26.1 Å². The number of hydrogen-bond donors (Lipinski definition) is 5. The number of nitrogens with two attached hydrogens (primary N) is 1. The number of nitrogens with zero attached hydrogens (tertiary/aromatic N) is 2. The zero-order chi connectivity index (χ0) is 19.3. The topological polar surface area (TPSA) is 117 Å². The van der Waals surface area contributed by atoms with Crippen LogP contribution in [0.15, 0.2) is 18.5 Å². The fraction of sp³-hybridized carbons (Fsp3) is 0.667. The summed E-state index contributed by atoms with van der Waals surface area (Å²) in [6.45, 7) is 2.37. The van der Waals surface area contributed by atoms with E-state index in [4.69, 9.17) is 22.1 Å². The van der Waals surface area contributed by atoms with E-state index in [1.807, 2.05) is 5.01 Å². The number of hydrazine groups is 1. The lowest BCUT2D eigenvalue weighted by Crippen LogP contribution is -2.67. The molecule has 1 aliphatic carbocycles. The third-order valence-electron chi connectivity index (χ3n) is 6.30. The molecule has 152 valence electrons. The number of halogens is 1. The Bertz CT molecular complexity index is 753. The Morgan fingerprint density at radius 2 is 2.29 bits per heavy atom. The number of nitrogens with one attached hydrogen (secondary N) is 4. The predicted octanol–water partition coefficient (Wildman–Crippen LogP) is -0.449. The van der Waals surface area contributed by atoms with E-state index in [1.54, 1.807) is 18.5 Å². The van der Waals surface area contributed by atoms with Gasteiger partial charge in [0.25, 0.3) is 0 Å². The van der Waals surface area contributed by atoms with Gasteiger partial charge in [0.15, 0.2) is 0 Å². The highest BCUT2D eigenvalue weighted by molar-refractivity contribution is 6.21. The van der Waals surface area contributed by atoms with Gasteiger partial charge in [-0.05, 0) is 13.0 Å². The predicted molar refractivity (Wildman–Crippen MR) is 105 cm³/mol. The Labute approximate surface area is 168 Å². The summed E-state index contributed by atoms with van der Waals surface area (Å²) < 4.78 is 6.14. The molecule has 4 aliphatic rings. The molecule has 3 saturated heterocycles. The summed E-state index contributed by atoms with van der Waals surface area (Å²) >= 11 is 6.20. The molecule has 4 fully saturated rings. The van der Waals surface area contributed by atoms with Gasteiger partial charge in [-0.25, -0.2) is 10.4 Å². The Kier molecular flexibility index (Phi) is 4.69. The smallest absolute Gasteiger partial charge is 0.233 e. The van der Waals surface area contributed by atoms with Gasteiger partial charge in [-0.15, -0.1) is 11.6 Å². The number of carbonyl (C=O) groups is 1. The summed E-state index contributed by atoms with van der Waals surface area (Å²) in [5, 5.41) is 11.6. The minimum Gasteiger partial charge on any atom is -0.488 e. The zero-order valence-electron chi connectivity index (χ0n) is 15.5. The van der Waals surface area contributed by atoms with E-state index in [-0.39, 0.29) is 23.6 Å².